The molecule has 0 bridgehead atoms. The molecule has 0 saturated carbocycles. The van der Waals surface area contributed by atoms with Crippen LogP contribution in [0.3, 0.4) is 0 Å². The molecule has 0 aliphatic heterocycles. The van der Waals surface area contributed by atoms with Crippen LogP contribution in [0, 0.1) is 23.3 Å². The molecule has 0 unspecified atom stereocenters. The molecule has 0 aliphatic carbocycles. The van der Waals surface area contributed by atoms with Gasteiger partial charge in [-0.1, -0.05) is 30.3 Å². The molecule has 0 nitrogen and oxygen atoms in total. The standard InChI is InChI=1S/C13H7ClF4/c14-6-8-10(15)9(7-4-2-1-3-5-7)12(17)13(18)11(8)16/h1-5H,6H2. The van der Waals surface area contributed by atoms with Gasteiger partial charge in [-0.3, -0.25) is 0 Å². The van der Waals surface area contributed by atoms with E-state index in [1.54, 1.807) is 6.07 Å². The van der Waals surface area contributed by atoms with Crippen molar-refractivity contribution in [3.63, 3.8) is 0 Å². The first-order valence-corrected chi connectivity index (χ1v) is 5.57. The third-order valence-corrected chi connectivity index (χ3v) is 2.82. The molecule has 0 N–H and O–H groups in total. The van der Waals surface area contributed by atoms with Gasteiger partial charge in [0, 0.05) is 5.56 Å². The second-order valence-corrected chi connectivity index (χ2v) is 3.88. The van der Waals surface area contributed by atoms with Crippen molar-refractivity contribution < 1.29 is 17.6 Å². The molecule has 2 aromatic rings. The Hall–Kier alpha value is -1.55. The van der Waals surface area contributed by atoms with E-state index in [1.807, 2.05) is 0 Å². The van der Waals surface area contributed by atoms with Gasteiger partial charge in [-0.2, -0.15) is 0 Å². The zero-order valence-electron chi connectivity index (χ0n) is 8.98. The van der Waals surface area contributed by atoms with Crippen LogP contribution in [0.5, 0.6) is 0 Å². The van der Waals surface area contributed by atoms with E-state index < -0.39 is 40.3 Å². The molecule has 2 aromatic carbocycles. The summed E-state index contributed by atoms with van der Waals surface area (Å²) in [5.41, 5.74) is -1.16. The van der Waals surface area contributed by atoms with E-state index in [1.165, 1.54) is 24.3 Å². The summed E-state index contributed by atoms with van der Waals surface area (Å²) in [6.45, 7) is 0. The van der Waals surface area contributed by atoms with Crippen molar-refractivity contribution in [3.05, 3.63) is 59.2 Å². The minimum atomic E-state index is -1.72. The van der Waals surface area contributed by atoms with Crippen LogP contribution in [-0.4, -0.2) is 0 Å². The van der Waals surface area contributed by atoms with E-state index >= 15 is 0 Å². The molecule has 18 heavy (non-hydrogen) atoms. The molecule has 0 atom stereocenters. The van der Waals surface area contributed by atoms with Crippen molar-refractivity contribution >= 4 is 11.6 Å². The maximum atomic E-state index is 13.9. The Bertz CT molecular complexity index is 582. The molecule has 0 fully saturated rings. The van der Waals surface area contributed by atoms with Crippen molar-refractivity contribution in [1.29, 1.82) is 0 Å². The van der Waals surface area contributed by atoms with E-state index in [2.05, 4.69) is 0 Å². The number of alkyl halides is 1. The third kappa shape index (κ3) is 1.97. The zero-order chi connectivity index (χ0) is 13.3. The first-order chi connectivity index (χ1) is 8.57. The lowest BCUT2D eigenvalue weighted by molar-refractivity contribution is 0.431. The maximum Gasteiger partial charge on any atom is 0.195 e. The minimum absolute atomic E-state index is 0.123. The molecule has 0 spiro atoms. The van der Waals surface area contributed by atoms with Gasteiger partial charge in [0.2, 0.25) is 0 Å². The summed E-state index contributed by atoms with van der Waals surface area (Å²) in [6, 6.07) is 7.51. The molecule has 5 heteroatoms. The van der Waals surface area contributed by atoms with Crippen molar-refractivity contribution in [2.75, 3.05) is 0 Å². The SMILES string of the molecule is Fc1c(F)c(CCl)c(F)c(-c2ccccc2)c1F. The summed E-state index contributed by atoms with van der Waals surface area (Å²) in [7, 11) is 0. The lowest BCUT2D eigenvalue weighted by Gasteiger charge is -2.10. The number of halogens is 5. The number of hydrogen-bond acceptors (Lipinski definition) is 0. The van der Waals surface area contributed by atoms with Gasteiger partial charge in [0.1, 0.15) is 5.82 Å². The molecular weight excluding hydrogens is 268 g/mol. The van der Waals surface area contributed by atoms with Crippen LogP contribution in [0.25, 0.3) is 11.1 Å². The van der Waals surface area contributed by atoms with Crippen molar-refractivity contribution in [2.45, 2.75) is 5.88 Å². The molecule has 0 saturated heterocycles. The lowest BCUT2D eigenvalue weighted by Crippen LogP contribution is -2.04. The number of rotatable bonds is 2. The van der Waals surface area contributed by atoms with Crippen LogP contribution in [0.1, 0.15) is 5.56 Å². The highest BCUT2D eigenvalue weighted by Gasteiger charge is 2.25. The number of benzene rings is 2. The third-order valence-electron chi connectivity index (χ3n) is 2.55. The second-order valence-electron chi connectivity index (χ2n) is 3.61. The van der Waals surface area contributed by atoms with Crippen LogP contribution in [-0.2, 0) is 5.88 Å². The molecule has 2 rings (SSSR count). The van der Waals surface area contributed by atoms with E-state index in [4.69, 9.17) is 11.6 Å². The predicted octanol–water partition coefficient (Wildman–Crippen LogP) is 4.65. The molecule has 0 heterocycles. The summed E-state index contributed by atoms with van der Waals surface area (Å²) in [5.74, 6) is -6.60. The monoisotopic (exact) mass is 274 g/mol. The van der Waals surface area contributed by atoms with Gasteiger partial charge in [-0.05, 0) is 5.56 Å². The lowest BCUT2D eigenvalue weighted by atomic mass is 10.0. The average molecular weight is 275 g/mol. The average Bonchev–Trinajstić information content (AvgIpc) is 2.38. The first kappa shape index (κ1) is 12.9. The Morgan fingerprint density at radius 3 is 1.94 bits per heavy atom. The van der Waals surface area contributed by atoms with Gasteiger partial charge in [0.25, 0.3) is 0 Å². The van der Waals surface area contributed by atoms with Crippen molar-refractivity contribution in [2.24, 2.45) is 0 Å². The fraction of sp³-hybridized carbons (Fsp3) is 0.0769. The molecule has 0 radical (unpaired) electrons. The highest BCUT2D eigenvalue weighted by molar-refractivity contribution is 6.17. The normalized spacial score (nSPS) is 10.7. The molecule has 0 aliphatic rings. The Kier molecular flexibility index (Phi) is 3.57. The minimum Gasteiger partial charge on any atom is -0.206 e. The second kappa shape index (κ2) is 4.98. The fourth-order valence-electron chi connectivity index (χ4n) is 1.66. The van der Waals surface area contributed by atoms with Crippen molar-refractivity contribution in [3.8, 4) is 11.1 Å². The summed E-state index contributed by atoms with van der Waals surface area (Å²) in [5, 5.41) is 0. The Balaban J connectivity index is 2.80. The summed E-state index contributed by atoms with van der Waals surface area (Å²) >= 11 is 5.35. The Morgan fingerprint density at radius 2 is 1.39 bits per heavy atom. The summed E-state index contributed by atoms with van der Waals surface area (Å²) < 4.78 is 54.2. The Morgan fingerprint density at radius 1 is 0.778 bits per heavy atom. The van der Waals surface area contributed by atoms with Crippen LogP contribution in [0.2, 0.25) is 0 Å². The van der Waals surface area contributed by atoms with E-state index in [0.717, 1.165) is 0 Å². The van der Waals surface area contributed by atoms with Crippen LogP contribution in [0.15, 0.2) is 30.3 Å². The highest BCUT2D eigenvalue weighted by Crippen LogP contribution is 2.32. The largest absolute Gasteiger partial charge is 0.206 e. The molecule has 0 amide bonds. The number of hydrogen-bond donors (Lipinski definition) is 0. The Labute approximate surface area is 106 Å². The van der Waals surface area contributed by atoms with Crippen LogP contribution < -0.4 is 0 Å². The van der Waals surface area contributed by atoms with Crippen LogP contribution in [0.4, 0.5) is 17.6 Å². The zero-order valence-corrected chi connectivity index (χ0v) is 9.74. The van der Waals surface area contributed by atoms with Gasteiger partial charge in [-0.25, -0.2) is 17.6 Å². The highest BCUT2D eigenvalue weighted by atomic mass is 35.5. The van der Waals surface area contributed by atoms with Gasteiger partial charge in [-0.15, -0.1) is 11.6 Å². The van der Waals surface area contributed by atoms with Crippen molar-refractivity contribution in [1.82, 2.24) is 0 Å². The summed E-state index contributed by atoms with van der Waals surface area (Å²) in [6.07, 6.45) is 0. The van der Waals surface area contributed by atoms with E-state index in [9.17, 15) is 17.6 Å². The smallest absolute Gasteiger partial charge is 0.195 e. The van der Waals surface area contributed by atoms with Gasteiger partial charge >= 0.3 is 0 Å². The fourth-order valence-corrected chi connectivity index (χ4v) is 1.89. The molecular formula is C13H7ClF4. The first-order valence-electron chi connectivity index (χ1n) is 5.04. The van der Waals surface area contributed by atoms with Gasteiger partial charge < -0.3 is 0 Å². The van der Waals surface area contributed by atoms with E-state index in [-0.39, 0.29) is 5.56 Å². The molecule has 0 aromatic heterocycles. The van der Waals surface area contributed by atoms with Gasteiger partial charge in [0.05, 0.1) is 11.4 Å². The topological polar surface area (TPSA) is 0 Å². The van der Waals surface area contributed by atoms with Crippen LogP contribution >= 0.6 is 11.6 Å². The van der Waals surface area contributed by atoms with Gasteiger partial charge in [0.15, 0.2) is 17.5 Å². The van der Waals surface area contributed by atoms with E-state index in [0.29, 0.717) is 0 Å². The predicted molar refractivity (Wildman–Crippen MR) is 61.3 cm³/mol. The summed E-state index contributed by atoms with van der Waals surface area (Å²) in [4.78, 5) is 0. The maximum absolute atomic E-state index is 13.9. The molecule has 94 valence electrons. The quantitative estimate of drug-likeness (QED) is 0.324.